The maximum Gasteiger partial charge on any atom is 0.274 e. The first-order chi connectivity index (χ1) is 9.23. The summed E-state index contributed by atoms with van der Waals surface area (Å²) in [4.78, 5) is 36.3. The van der Waals surface area contributed by atoms with E-state index in [1.54, 1.807) is 6.92 Å². The highest BCUT2D eigenvalue weighted by molar-refractivity contribution is 5.94. The van der Waals surface area contributed by atoms with Crippen molar-refractivity contribution < 1.29 is 9.59 Å². The number of nitrogens with zero attached hydrogens (tertiary/aromatic N) is 2. The normalized spacial score (nSPS) is 11.0. The molecular weight excluding hydrogens is 260 g/mol. The van der Waals surface area contributed by atoms with E-state index in [1.165, 1.54) is 17.0 Å². The van der Waals surface area contributed by atoms with E-state index < -0.39 is 5.91 Å². The summed E-state index contributed by atoms with van der Waals surface area (Å²) in [6, 6.07) is 2.56. The van der Waals surface area contributed by atoms with Gasteiger partial charge in [0.25, 0.3) is 11.5 Å². The van der Waals surface area contributed by atoms with Crippen LogP contribution in [0.1, 0.15) is 38.2 Å². The van der Waals surface area contributed by atoms with E-state index in [9.17, 15) is 14.4 Å². The van der Waals surface area contributed by atoms with Crippen molar-refractivity contribution in [2.24, 2.45) is 0 Å². The van der Waals surface area contributed by atoms with Gasteiger partial charge in [-0.15, -0.1) is 0 Å². The smallest absolute Gasteiger partial charge is 0.274 e. The SMILES string of the molecule is CCN(CC(=O)NC(C)(C)C)C(=O)c1ccc(=O)[nH]n1. The Morgan fingerprint density at radius 1 is 1.35 bits per heavy atom. The predicted octanol–water partition coefficient (Wildman–Crippen LogP) is 0.147. The number of rotatable bonds is 4. The van der Waals surface area contributed by atoms with Crippen LogP contribution < -0.4 is 10.9 Å². The van der Waals surface area contributed by atoms with E-state index in [-0.39, 0.29) is 29.2 Å². The molecule has 7 heteroatoms. The zero-order valence-electron chi connectivity index (χ0n) is 12.2. The van der Waals surface area contributed by atoms with E-state index >= 15 is 0 Å². The van der Waals surface area contributed by atoms with E-state index in [0.717, 1.165) is 0 Å². The average molecular weight is 280 g/mol. The molecule has 2 amide bonds. The van der Waals surface area contributed by atoms with Gasteiger partial charge in [-0.1, -0.05) is 0 Å². The highest BCUT2D eigenvalue weighted by Gasteiger charge is 2.21. The number of aromatic amines is 1. The van der Waals surface area contributed by atoms with Crippen LogP contribution in [-0.2, 0) is 4.79 Å². The second-order valence-corrected chi connectivity index (χ2v) is 5.42. The Morgan fingerprint density at radius 2 is 2.00 bits per heavy atom. The molecular formula is C13H20N4O3. The number of carbonyl (C=O) groups is 2. The van der Waals surface area contributed by atoms with Gasteiger partial charge in [0, 0.05) is 18.2 Å². The summed E-state index contributed by atoms with van der Waals surface area (Å²) < 4.78 is 0. The van der Waals surface area contributed by atoms with Crippen molar-refractivity contribution in [2.75, 3.05) is 13.1 Å². The number of amides is 2. The Hall–Kier alpha value is -2.18. The molecule has 1 heterocycles. The zero-order chi connectivity index (χ0) is 15.3. The van der Waals surface area contributed by atoms with E-state index in [4.69, 9.17) is 0 Å². The van der Waals surface area contributed by atoms with Gasteiger partial charge in [0.2, 0.25) is 5.91 Å². The Balaban J connectivity index is 2.75. The molecule has 1 aromatic rings. The summed E-state index contributed by atoms with van der Waals surface area (Å²) in [5.74, 6) is -0.634. The number of likely N-dealkylation sites (N-methyl/N-ethyl adjacent to an activating group) is 1. The maximum atomic E-state index is 12.1. The third-order valence-electron chi connectivity index (χ3n) is 2.42. The van der Waals surface area contributed by atoms with Gasteiger partial charge in [0.1, 0.15) is 5.69 Å². The third-order valence-corrected chi connectivity index (χ3v) is 2.42. The molecule has 0 spiro atoms. The van der Waals surface area contributed by atoms with E-state index in [1.807, 2.05) is 20.8 Å². The highest BCUT2D eigenvalue weighted by atomic mass is 16.2. The molecule has 0 unspecified atom stereocenters. The molecule has 0 bridgehead atoms. The molecule has 0 saturated carbocycles. The lowest BCUT2D eigenvalue weighted by Crippen LogP contribution is -2.47. The topological polar surface area (TPSA) is 95.2 Å². The Kier molecular flexibility index (Phi) is 5.01. The van der Waals surface area contributed by atoms with Crippen LogP contribution >= 0.6 is 0 Å². The van der Waals surface area contributed by atoms with Crippen molar-refractivity contribution in [3.8, 4) is 0 Å². The fourth-order valence-corrected chi connectivity index (χ4v) is 1.58. The summed E-state index contributed by atoms with van der Waals surface area (Å²) in [5.41, 5.74) is -0.624. The lowest BCUT2D eigenvalue weighted by Gasteiger charge is -2.24. The first-order valence-electron chi connectivity index (χ1n) is 6.39. The van der Waals surface area contributed by atoms with Gasteiger partial charge in [-0.3, -0.25) is 14.4 Å². The largest absolute Gasteiger partial charge is 0.350 e. The number of aromatic nitrogens is 2. The van der Waals surface area contributed by atoms with Crippen LogP contribution in [0.4, 0.5) is 0 Å². The van der Waals surface area contributed by atoms with Crippen LogP contribution in [0, 0.1) is 0 Å². The van der Waals surface area contributed by atoms with E-state index in [2.05, 4.69) is 15.5 Å². The third kappa shape index (κ3) is 4.83. The lowest BCUT2D eigenvalue weighted by atomic mass is 10.1. The monoisotopic (exact) mass is 280 g/mol. The van der Waals surface area contributed by atoms with Gasteiger partial charge in [0.05, 0.1) is 6.54 Å². The van der Waals surface area contributed by atoms with Crippen LogP contribution in [0.25, 0.3) is 0 Å². The van der Waals surface area contributed by atoms with Gasteiger partial charge >= 0.3 is 0 Å². The molecule has 0 aliphatic carbocycles. The van der Waals surface area contributed by atoms with E-state index in [0.29, 0.717) is 6.54 Å². The predicted molar refractivity (Wildman–Crippen MR) is 74.3 cm³/mol. The number of carbonyl (C=O) groups excluding carboxylic acids is 2. The molecule has 20 heavy (non-hydrogen) atoms. The van der Waals surface area contributed by atoms with Gasteiger partial charge in [-0.2, -0.15) is 5.10 Å². The van der Waals surface area contributed by atoms with Crippen molar-refractivity contribution in [3.05, 3.63) is 28.2 Å². The zero-order valence-corrected chi connectivity index (χ0v) is 12.2. The molecule has 2 N–H and O–H groups in total. The van der Waals surface area contributed by atoms with Crippen molar-refractivity contribution in [3.63, 3.8) is 0 Å². The first kappa shape index (κ1) is 15.9. The number of hydrogen-bond acceptors (Lipinski definition) is 4. The standard InChI is InChI=1S/C13H20N4O3/c1-5-17(8-11(19)14-13(2,3)4)12(20)9-6-7-10(18)16-15-9/h6-7H,5,8H2,1-4H3,(H,14,19)(H,16,18). The molecule has 1 rings (SSSR count). The van der Waals surface area contributed by atoms with Crippen LogP contribution in [-0.4, -0.2) is 45.5 Å². The Bertz CT molecular complexity index is 525. The fourth-order valence-electron chi connectivity index (χ4n) is 1.58. The first-order valence-corrected chi connectivity index (χ1v) is 6.39. The minimum Gasteiger partial charge on any atom is -0.350 e. The summed E-state index contributed by atoms with van der Waals surface area (Å²) in [6.45, 7) is 7.70. The minimum absolute atomic E-state index is 0.0482. The molecule has 0 atom stereocenters. The van der Waals surface area contributed by atoms with Crippen LogP contribution in [0.3, 0.4) is 0 Å². The summed E-state index contributed by atoms with van der Waals surface area (Å²) in [7, 11) is 0. The van der Waals surface area contributed by atoms with Gasteiger partial charge in [-0.25, -0.2) is 5.10 Å². The van der Waals surface area contributed by atoms with Crippen molar-refractivity contribution in [2.45, 2.75) is 33.2 Å². The second kappa shape index (κ2) is 6.31. The molecule has 1 aromatic heterocycles. The molecule has 0 aliphatic heterocycles. The number of nitrogens with one attached hydrogen (secondary N) is 2. The van der Waals surface area contributed by atoms with Crippen LogP contribution in [0.5, 0.6) is 0 Å². The maximum absolute atomic E-state index is 12.1. The second-order valence-electron chi connectivity index (χ2n) is 5.42. The van der Waals surface area contributed by atoms with Crippen molar-refractivity contribution in [1.82, 2.24) is 20.4 Å². The Morgan fingerprint density at radius 3 is 2.45 bits per heavy atom. The summed E-state index contributed by atoms with van der Waals surface area (Å²) in [5, 5.41) is 8.65. The van der Waals surface area contributed by atoms with Crippen LogP contribution in [0.2, 0.25) is 0 Å². The quantitative estimate of drug-likeness (QED) is 0.820. The van der Waals surface area contributed by atoms with Gasteiger partial charge in [0.15, 0.2) is 0 Å². The number of H-pyrrole nitrogens is 1. The Labute approximate surface area is 117 Å². The summed E-state index contributed by atoms with van der Waals surface area (Å²) >= 11 is 0. The van der Waals surface area contributed by atoms with Crippen molar-refractivity contribution in [1.29, 1.82) is 0 Å². The molecule has 0 aromatic carbocycles. The van der Waals surface area contributed by atoms with Gasteiger partial charge in [-0.05, 0) is 33.8 Å². The highest BCUT2D eigenvalue weighted by Crippen LogP contribution is 2.02. The van der Waals surface area contributed by atoms with Gasteiger partial charge < -0.3 is 10.2 Å². The molecule has 110 valence electrons. The summed E-state index contributed by atoms with van der Waals surface area (Å²) in [6.07, 6.45) is 0. The molecule has 0 fully saturated rings. The molecule has 0 aliphatic rings. The molecule has 7 nitrogen and oxygen atoms in total. The average Bonchev–Trinajstić information content (AvgIpc) is 2.34. The minimum atomic E-state index is -0.396. The van der Waals surface area contributed by atoms with Crippen LogP contribution in [0.15, 0.2) is 16.9 Å². The molecule has 0 saturated heterocycles. The fraction of sp³-hybridized carbons (Fsp3) is 0.538. The lowest BCUT2D eigenvalue weighted by molar-refractivity contribution is -0.123. The number of hydrogen-bond donors (Lipinski definition) is 2. The molecule has 0 radical (unpaired) electrons. The van der Waals surface area contributed by atoms with Crippen molar-refractivity contribution >= 4 is 11.8 Å².